The lowest BCUT2D eigenvalue weighted by Gasteiger charge is -2.29. The van der Waals surface area contributed by atoms with Crippen LogP contribution in [0.5, 0.6) is 5.75 Å². The third-order valence-electron chi connectivity index (χ3n) is 4.28. The van der Waals surface area contributed by atoms with Crippen molar-refractivity contribution in [3.8, 4) is 5.75 Å². The molecule has 1 aromatic rings. The lowest BCUT2D eigenvalue weighted by molar-refractivity contribution is 0.463. The maximum Gasteiger partial charge on any atom is 0.122 e. The molecule has 0 heterocycles. The van der Waals surface area contributed by atoms with Crippen LogP contribution in [-0.2, 0) is 0 Å². The van der Waals surface area contributed by atoms with Crippen LogP contribution in [0.3, 0.4) is 0 Å². The third kappa shape index (κ3) is 3.41. The zero-order valence-corrected chi connectivity index (χ0v) is 12.1. The first-order valence-corrected chi connectivity index (χ1v) is 7.41. The first kappa shape index (κ1) is 14.2. The van der Waals surface area contributed by atoms with Gasteiger partial charge in [0.1, 0.15) is 5.75 Å². The van der Waals surface area contributed by atoms with Crippen LogP contribution < -0.4 is 10.6 Å². The van der Waals surface area contributed by atoms with Crippen molar-refractivity contribution in [1.82, 2.24) is 0 Å². The van der Waals surface area contributed by atoms with Crippen LogP contribution in [0.25, 0.3) is 0 Å². The van der Waals surface area contributed by atoms with E-state index < -0.39 is 0 Å². The van der Waals surface area contributed by atoms with E-state index in [0.29, 0.717) is 11.8 Å². The molecule has 1 aliphatic carbocycles. The van der Waals surface area contributed by atoms with Crippen molar-refractivity contribution in [3.63, 3.8) is 0 Å². The van der Waals surface area contributed by atoms with Gasteiger partial charge in [-0.1, -0.05) is 31.7 Å². The summed E-state index contributed by atoms with van der Waals surface area (Å²) in [6.45, 7) is 1.89. The Kier molecular flexibility index (Phi) is 4.70. The number of phenols is 1. The van der Waals surface area contributed by atoms with Gasteiger partial charge >= 0.3 is 0 Å². The fourth-order valence-electron chi connectivity index (χ4n) is 2.99. The molecule has 106 valence electrons. The smallest absolute Gasteiger partial charge is 0.122 e. The van der Waals surface area contributed by atoms with E-state index in [1.54, 1.807) is 0 Å². The zero-order chi connectivity index (χ0) is 13.8. The molecule has 0 aromatic heterocycles. The van der Waals surface area contributed by atoms with E-state index in [4.69, 9.17) is 5.73 Å². The predicted molar refractivity (Wildman–Crippen MR) is 80.6 cm³/mol. The number of hydrogen-bond acceptors (Lipinski definition) is 3. The fourth-order valence-corrected chi connectivity index (χ4v) is 2.99. The number of rotatable bonds is 3. The lowest BCUT2D eigenvalue weighted by atomic mass is 10.0. The van der Waals surface area contributed by atoms with E-state index in [0.717, 1.165) is 11.3 Å². The molecule has 19 heavy (non-hydrogen) atoms. The Bertz CT molecular complexity index is 409. The maximum absolute atomic E-state index is 10.1. The molecule has 0 aliphatic heterocycles. The van der Waals surface area contributed by atoms with Gasteiger partial charge in [0.2, 0.25) is 0 Å². The molecule has 3 N–H and O–H groups in total. The van der Waals surface area contributed by atoms with Crippen molar-refractivity contribution in [3.05, 3.63) is 23.8 Å². The molecule has 0 radical (unpaired) electrons. The van der Waals surface area contributed by atoms with Gasteiger partial charge in [0, 0.05) is 36.4 Å². The summed E-state index contributed by atoms with van der Waals surface area (Å²) in [5, 5.41) is 10.1. The van der Waals surface area contributed by atoms with Crippen LogP contribution in [0.2, 0.25) is 0 Å². The molecule has 1 fully saturated rings. The highest BCUT2D eigenvalue weighted by atomic mass is 16.3. The molecule has 0 spiro atoms. The molecular formula is C16H26N2O. The number of benzene rings is 1. The van der Waals surface area contributed by atoms with Gasteiger partial charge in [-0.15, -0.1) is 0 Å². The summed E-state index contributed by atoms with van der Waals surface area (Å²) < 4.78 is 0. The van der Waals surface area contributed by atoms with Gasteiger partial charge < -0.3 is 15.7 Å². The van der Waals surface area contributed by atoms with Crippen LogP contribution in [0.1, 0.15) is 57.1 Å². The molecule has 1 aromatic carbocycles. The van der Waals surface area contributed by atoms with Crippen LogP contribution in [-0.4, -0.2) is 18.2 Å². The van der Waals surface area contributed by atoms with Crippen molar-refractivity contribution >= 4 is 5.69 Å². The number of aromatic hydroxyl groups is 1. The Morgan fingerprint density at radius 1 is 1.21 bits per heavy atom. The Labute approximate surface area is 116 Å². The van der Waals surface area contributed by atoms with E-state index in [1.165, 1.54) is 38.5 Å². The van der Waals surface area contributed by atoms with Crippen LogP contribution >= 0.6 is 0 Å². The van der Waals surface area contributed by atoms with E-state index in [9.17, 15) is 5.11 Å². The fraction of sp³-hybridized carbons (Fsp3) is 0.625. The van der Waals surface area contributed by atoms with E-state index in [-0.39, 0.29) is 6.04 Å². The van der Waals surface area contributed by atoms with E-state index in [1.807, 2.05) is 19.1 Å². The minimum absolute atomic E-state index is 0.128. The van der Waals surface area contributed by atoms with Crippen LogP contribution in [0, 0.1) is 0 Å². The van der Waals surface area contributed by atoms with Crippen molar-refractivity contribution in [2.24, 2.45) is 5.73 Å². The minimum Gasteiger partial charge on any atom is -0.508 e. The van der Waals surface area contributed by atoms with Gasteiger partial charge in [0.15, 0.2) is 0 Å². The average molecular weight is 262 g/mol. The molecule has 1 atom stereocenters. The Morgan fingerprint density at radius 2 is 1.84 bits per heavy atom. The average Bonchev–Trinajstić information content (AvgIpc) is 2.66. The topological polar surface area (TPSA) is 49.5 Å². The van der Waals surface area contributed by atoms with Gasteiger partial charge in [-0.25, -0.2) is 0 Å². The molecule has 2 rings (SSSR count). The number of anilines is 1. The lowest BCUT2D eigenvalue weighted by Crippen LogP contribution is -2.31. The molecular weight excluding hydrogens is 236 g/mol. The second-order valence-electron chi connectivity index (χ2n) is 5.79. The molecule has 0 saturated heterocycles. The normalized spacial score (nSPS) is 18.9. The molecule has 3 nitrogen and oxygen atoms in total. The molecule has 0 bridgehead atoms. The summed E-state index contributed by atoms with van der Waals surface area (Å²) in [6, 6.07) is 6.34. The standard InChI is InChI=1S/C16H26N2O/c1-12(17)15-10-9-14(11-16(15)19)18(2)13-7-5-3-4-6-8-13/h9-13,19H,3-8,17H2,1-2H3. The highest BCUT2D eigenvalue weighted by molar-refractivity contribution is 5.54. The number of phenolic OH excluding ortho intramolecular Hbond substituents is 1. The Morgan fingerprint density at radius 3 is 2.37 bits per heavy atom. The summed E-state index contributed by atoms with van der Waals surface area (Å²) in [6.07, 6.45) is 7.87. The third-order valence-corrected chi connectivity index (χ3v) is 4.28. The summed E-state index contributed by atoms with van der Waals surface area (Å²) in [7, 11) is 2.14. The Balaban J connectivity index is 2.14. The molecule has 1 aliphatic rings. The van der Waals surface area contributed by atoms with Crippen molar-refractivity contribution in [2.45, 2.75) is 57.5 Å². The summed E-state index contributed by atoms with van der Waals surface area (Å²) in [5.74, 6) is 0.313. The van der Waals surface area contributed by atoms with E-state index >= 15 is 0 Å². The molecule has 0 amide bonds. The van der Waals surface area contributed by atoms with Gasteiger partial charge in [-0.2, -0.15) is 0 Å². The first-order chi connectivity index (χ1) is 9.09. The molecule has 3 heteroatoms. The van der Waals surface area contributed by atoms with Crippen LogP contribution in [0.15, 0.2) is 18.2 Å². The van der Waals surface area contributed by atoms with Crippen molar-refractivity contribution in [2.75, 3.05) is 11.9 Å². The zero-order valence-electron chi connectivity index (χ0n) is 12.1. The van der Waals surface area contributed by atoms with Gasteiger partial charge in [-0.3, -0.25) is 0 Å². The largest absolute Gasteiger partial charge is 0.508 e. The Hall–Kier alpha value is -1.22. The van der Waals surface area contributed by atoms with Gasteiger partial charge in [-0.05, 0) is 25.8 Å². The maximum atomic E-state index is 10.1. The number of hydrogen-bond donors (Lipinski definition) is 2. The summed E-state index contributed by atoms with van der Waals surface area (Å²) >= 11 is 0. The minimum atomic E-state index is -0.128. The van der Waals surface area contributed by atoms with E-state index in [2.05, 4.69) is 18.0 Å². The molecule has 1 unspecified atom stereocenters. The van der Waals surface area contributed by atoms with Gasteiger partial charge in [0.25, 0.3) is 0 Å². The predicted octanol–water partition coefficient (Wildman–Crippen LogP) is 3.57. The quantitative estimate of drug-likeness (QED) is 0.819. The summed E-state index contributed by atoms with van der Waals surface area (Å²) in [4.78, 5) is 2.32. The van der Waals surface area contributed by atoms with Gasteiger partial charge in [0.05, 0.1) is 0 Å². The monoisotopic (exact) mass is 262 g/mol. The highest BCUT2D eigenvalue weighted by Gasteiger charge is 2.18. The van der Waals surface area contributed by atoms with Crippen molar-refractivity contribution in [1.29, 1.82) is 0 Å². The first-order valence-electron chi connectivity index (χ1n) is 7.41. The number of nitrogens with two attached hydrogens (primary N) is 1. The van der Waals surface area contributed by atoms with Crippen molar-refractivity contribution < 1.29 is 5.11 Å². The van der Waals surface area contributed by atoms with Crippen LogP contribution in [0.4, 0.5) is 5.69 Å². The SMILES string of the molecule is CC(N)c1ccc(N(C)C2CCCCCC2)cc1O. The second kappa shape index (κ2) is 6.29. The summed E-state index contributed by atoms with van der Waals surface area (Å²) in [5.41, 5.74) is 7.74. The molecule has 1 saturated carbocycles. The number of nitrogens with zero attached hydrogens (tertiary/aromatic N) is 1. The second-order valence-corrected chi connectivity index (χ2v) is 5.79. The highest BCUT2D eigenvalue weighted by Crippen LogP contribution is 2.31.